The monoisotopic (exact) mass is 779 g/mol. The number of esters is 1. The molecule has 1 N–H and O–H groups in total. The Morgan fingerprint density at radius 1 is 0.446 bits per heavy atom. The van der Waals surface area contributed by atoms with Crippen molar-refractivity contribution in [3.8, 4) is 0 Å². The third kappa shape index (κ3) is 46.0. The summed E-state index contributed by atoms with van der Waals surface area (Å²) in [5.41, 5.74) is 0. The first-order valence-electron chi connectivity index (χ1n) is 23.7. The Balaban J connectivity index is 3.48. The molecule has 1 atom stereocenters. The molecule has 322 valence electrons. The fraction of sp³-hybridized carbons (Fsp3) is 0.712. The van der Waals surface area contributed by atoms with Gasteiger partial charge < -0.3 is 14.6 Å². The molecular weight excluding hydrogens is 689 g/mol. The molecule has 0 heterocycles. The Bertz CT molecular complexity index is 1000. The number of rotatable bonds is 43. The fourth-order valence-electron chi connectivity index (χ4n) is 6.44. The van der Waals surface area contributed by atoms with Gasteiger partial charge in [0.05, 0.1) is 13.2 Å². The lowest BCUT2D eigenvalue weighted by molar-refractivity contribution is -0.154. The minimum atomic E-state index is -0.546. The van der Waals surface area contributed by atoms with Gasteiger partial charge in [-0.1, -0.05) is 202 Å². The topological polar surface area (TPSA) is 55.8 Å². The van der Waals surface area contributed by atoms with Crippen LogP contribution in [-0.4, -0.2) is 37.0 Å². The van der Waals surface area contributed by atoms with Crippen molar-refractivity contribution in [1.29, 1.82) is 0 Å². The van der Waals surface area contributed by atoms with Crippen LogP contribution in [0.4, 0.5) is 0 Å². The largest absolute Gasteiger partial charge is 0.457 e. The smallest absolute Gasteiger partial charge is 0.306 e. The van der Waals surface area contributed by atoms with E-state index in [1.807, 2.05) is 0 Å². The van der Waals surface area contributed by atoms with E-state index >= 15 is 0 Å². The van der Waals surface area contributed by atoms with Crippen molar-refractivity contribution < 1.29 is 19.4 Å². The van der Waals surface area contributed by atoms with Gasteiger partial charge in [0, 0.05) is 13.0 Å². The highest BCUT2D eigenvalue weighted by atomic mass is 16.6. The Hall–Kier alpha value is -2.43. The maximum Gasteiger partial charge on any atom is 0.306 e. The number of aliphatic hydroxyl groups excluding tert-OH is 1. The summed E-state index contributed by atoms with van der Waals surface area (Å²) in [6.07, 6.45) is 67.9. The molecule has 0 aliphatic carbocycles. The van der Waals surface area contributed by atoms with E-state index in [4.69, 9.17) is 9.47 Å². The SMILES string of the molecule is CC/C=C\C/C=C\C/C=C\C/C=C\C/C=C\CCCCCCCCCCCC(=O)OC(CO)COCCCCCCCCCC/C=C\C/C=C\CCCCCC. The number of hydrogen-bond donors (Lipinski definition) is 1. The first-order chi connectivity index (χ1) is 27.7. The van der Waals surface area contributed by atoms with E-state index < -0.39 is 6.10 Å². The van der Waals surface area contributed by atoms with E-state index in [-0.39, 0.29) is 19.2 Å². The molecule has 0 aromatic heterocycles. The Morgan fingerprint density at radius 3 is 1.21 bits per heavy atom. The molecule has 0 bridgehead atoms. The highest BCUT2D eigenvalue weighted by Gasteiger charge is 2.13. The third-order valence-corrected chi connectivity index (χ3v) is 9.95. The van der Waals surface area contributed by atoms with E-state index in [0.29, 0.717) is 13.0 Å². The predicted octanol–water partition coefficient (Wildman–Crippen LogP) is 15.9. The summed E-state index contributed by atoms with van der Waals surface area (Å²) in [6, 6.07) is 0. The zero-order valence-electron chi connectivity index (χ0n) is 36.9. The molecule has 0 rings (SSSR count). The van der Waals surface area contributed by atoms with Crippen LogP contribution in [0, 0.1) is 0 Å². The van der Waals surface area contributed by atoms with Gasteiger partial charge in [-0.15, -0.1) is 0 Å². The van der Waals surface area contributed by atoms with E-state index in [1.54, 1.807) is 0 Å². The second-order valence-electron chi connectivity index (χ2n) is 15.4. The van der Waals surface area contributed by atoms with Gasteiger partial charge in [0.2, 0.25) is 0 Å². The molecular formula is C52H90O4. The van der Waals surface area contributed by atoms with Gasteiger partial charge >= 0.3 is 5.97 Å². The highest BCUT2D eigenvalue weighted by Crippen LogP contribution is 2.13. The average Bonchev–Trinajstić information content (AvgIpc) is 3.20. The van der Waals surface area contributed by atoms with Crippen LogP contribution >= 0.6 is 0 Å². The predicted molar refractivity (Wildman–Crippen MR) is 246 cm³/mol. The number of carbonyl (C=O) groups is 1. The molecule has 0 spiro atoms. The van der Waals surface area contributed by atoms with E-state index in [1.165, 1.54) is 135 Å². The maximum atomic E-state index is 12.3. The number of allylic oxidation sites excluding steroid dienone is 14. The van der Waals surface area contributed by atoms with Gasteiger partial charge in [-0.2, -0.15) is 0 Å². The summed E-state index contributed by atoms with van der Waals surface area (Å²) in [6.45, 7) is 5.20. The van der Waals surface area contributed by atoms with Crippen LogP contribution in [0.3, 0.4) is 0 Å². The van der Waals surface area contributed by atoms with Crippen molar-refractivity contribution >= 4 is 5.97 Å². The normalized spacial score (nSPS) is 13.1. The second-order valence-corrected chi connectivity index (χ2v) is 15.4. The lowest BCUT2D eigenvalue weighted by atomic mass is 10.1. The summed E-state index contributed by atoms with van der Waals surface area (Å²) >= 11 is 0. The van der Waals surface area contributed by atoms with Crippen LogP contribution in [0.5, 0.6) is 0 Å². The van der Waals surface area contributed by atoms with Crippen LogP contribution in [0.2, 0.25) is 0 Å². The van der Waals surface area contributed by atoms with E-state index in [0.717, 1.165) is 57.8 Å². The van der Waals surface area contributed by atoms with E-state index in [9.17, 15) is 9.90 Å². The summed E-state index contributed by atoms with van der Waals surface area (Å²) in [7, 11) is 0. The number of hydrogen-bond acceptors (Lipinski definition) is 4. The minimum Gasteiger partial charge on any atom is -0.457 e. The minimum absolute atomic E-state index is 0.180. The van der Waals surface area contributed by atoms with E-state index in [2.05, 4.69) is 98.9 Å². The molecule has 0 saturated carbocycles. The Labute approximate surface area is 348 Å². The van der Waals surface area contributed by atoms with Crippen LogP contribution in [0.1, 0.15) is 213 Å². The average molecular weight is 779 g/mol. The zero-order valence-corrected chi connectivity index (χ0v) is 36.9. The van der Waals surface area contributed by atoms with Crippen molar-refractivity contribution in [3.05, 3.63) is 85.1 Å². The first kappa shape index (κ1) is 53.6. The van der Waals surface area contributed by atoms with Gasteiger partial charge in [0.25, 0.3) is 0 Å². The molecule has 0 radical (unpaired) electrons. The molecule has 56 heavy (non-hydrogen) atoms. The lowest BCUT2D eigenvalue weighted by Gasteiger charge is -2.16. The van der Waals surface area contributed by atoms with Crippen LogP contribution in [0.25, 0.3) is 0 Å². The molecule has 0 saturated heterocycles. The molecule has 0 amide bonds. The quantitative estimate of drug-likeness (QED) is 0.0380. The molecule has 0 aromatic carbocycles. The second kappa shape index (κ2) is 48.7. The molecule has 4 nitrogen and oxygen atoms in total. The molecule has 4 heteroatoms. The van der Waals surface area contributed by atoms with Crippen LogP contribution in [-0.2, 0) is 14.3 Å². The maximum absolute atomic E-state index is 12.3. The summed E-state index contributed by atoms with van der Waals surface area (Å²) in [5, 5.41) is 9.63. The van der Waals surface area contributed by atoms with Crippen molar-refractivity contribution in [1.82, 2.24) is 0 Å². The van der Waals surface area contributed by atoms with Gasteiger partial charge in [0.1, 0.15) is 6.10 Å². The van der Waals surface area contributed by atoms with Crippen molar-refractivity contribution in [2.24, 2.45) is 0 Å². The third-order valence-electron chi connectivity index (χ3n) is 9.95. The summed E-state index contributed by atoms with van der Waals surface area (Å²) in [4.78, 5) is 12.3. The Morgan fingerprint density at radius 2 is 0.804 bits per heavy atom. The highest BCUT2D eigenvalue weighted by molar-refractivity contribution is 5.69. The van der Waals surface area contributed by atoms with Crippen molar-refractivity contribution in [2.75, 3.05) is 19.8 Å². The number of aliphatic hydroxyl groups is 1. The van der Waals surface area contributed by atoms with Gasteiger partial charge in [-0.3, -0.25) is 4.79 Å². The molecule has 0 aliphatic heterocycles. The number of unbranched alkanes of at least 4 members (excludes halogenated alkanes) is 21. The summed E-state index contributed by atoms with van der Waals surface area (Å²) < 4.78 is 11.2. The Kier molecular flexibility index (Phi) is 46.6. The van der Waals surface area contributed by atoms with Crippen molar-refractivity contribution in [3.63, 3.8) is 0 Å². The van der Waals surface area contributed by atoms with Gasteiger partial charge in [-0.25, -0.2) is 0 Å². The van der Waals surface area contributed by atoms with Gasteiger partial charge in [0.15, 0.2) is 0 Å². The number of carbonyl (C=O) groups excluding carboxylic acids is 1. The molecule has 1 unspecified atom stereocenters. The number of ether oxygens (including phenoxy) is 2. The molecule has 0 aromatic rings. The van der Waals surface area contributed by atoms with Crippen LogP contribution in [0.15, 0.2) is 85.1 Å². The standard InChI is InChI=1S/C52H90O4/c1-3-5-7-9-11-13-15-17-19-21-23-24-25-26-27-28-29-31-33-35-37-39-41-43-45-47-52(54)56-51(49-53)50-55-48-46-44-42-40-38-36-34-32-30-22-20-18-16-14-12-10-8-6-4-2/h5,7,11,13-14,16-17,19-20,22-24,26-27,51,53H,3-4,6,8-10,12,15,18,21,25,28-50H2,1-2H3/b7-5-,13-11-,16-14-,19-17-,22-20-,24-23-,27-26-. The molecule has 0 fully saturated rings. The fourth-order valence-corrected chi connectivity index (χ4v) is 6.44. The van der Waals surface area contributed by atoms with Crippen molar-refractivity contribution in [2.45, 2.75) is 219 Å². The van der Waals surface area contributed by atoms with Gasteiger partial charge in [-0.05, 0) is 89.9 Å². The zero-order chi connectivity index (χ0) is 40.5. The summed E-state index contributed by atoms with van der Waals surface area (Å²) in [5.74, 6) is -0.211. The van der Waals surface area contributed by atoms with Crippen LogP contribution < -0.4 is 0 Å². The molecule has 0 aliphatic rings. The lowest BCUT2D eigenvalue weighted by Crippen LogP contribution is -2.27. The first-order valence-corrected chi connectivity index (χ1v) is 23.7.